The van der Waals surface area contributed by atoms with Gasteiger partial charge in [-0.25, -0.2) is 0 Å². The third kappa shape index (κ3) is 6.45. The highest BCUT2D eigenvalue weighted by molar-refractivity contribution is 6.42. The zero-order valence-corrected chi connectivity index (χ0v) is 17.0. The van der Waals surface area contributed by atoms with E-state index < -0.39 is 0 Å². The lowest BCUT2D eigenvalue weighted by Gasteiger charge is -2.25. The quantitative estimate of drug-likeness (QED) is 0.639. The molecule has 2 amide bonds. The second-order valence-corrected chi connectivity index (χ2v) is 7.77. The van der Waals surface area contributed by atoms with Gasteiger partial charge in [0.05, 0.1) is 10.0 Å². The summed E-state index contributed by atoms with van der Waals surface area (Å²) in [5.41, 5.74) is 0.954. The Hall–Kier alpha value is -1.30. The molecule has 0 N–H and O–H groups in total. The van der Waals surface area contributed by atoms with Crippen LogP contribution in [0, 0.1) is 0 Å². The fraction of sp³-hybridized carbons (Fsp3) is 0.579. The van der Waals surface area contributed by atoms with Crippen molar-refractivity contribution in [1.82, 2.24) is 14.7 Å². The predicted octanol–water partition coefficient (Wildman–Crippen LogP) is 3.29. The summed E-state index contributed by atoms with van der Waals surface area (Å²) in [6.45, 7) is 3.35. The van der Waals surface area contributed by atoms with Crippen molar-refractivity contribution >= 4 is 35.0 Å². The van der Waals surface area contributed by atoms with Crippen molar-refractivity contribution in [2.45, 2.75) is 32.2 Å². The van der Waals surface area contributed by atoms with Crippen molar-refractivity contribution in [3.63, 3.8) is 0 Å². The van der Waals surface area contributed by atoms with Crippen LogP contribution < -0.4 is 0 Å². The maximum absolute atomic E-state index is 12.8. The zero-order chi connectivity index (χ0) is 19.1. The van der Waals surface area contributed by atoms with Gasteiger partial charge in [-0.05, 0) is 51.2 Å². The highest BCUT2D eigenvalue weighted by Crippen LogP contribution is 2.23. The average Bonchev–Trinajstić information content (AvgIpc) is 2.99. The molecule has 0 bridgehead atoms. The lowest BCUT2D eigenvalue weighted by Crippen LogP contribution is -2.36. The van der Waals surface area contributed by atoms with Gasteiger partial charge in [0, 0.05) is 39.0 Å². The van der Waals surface area contributed by atoms with Crippen LogP contribution in [0.3, 0.4) is 0 Å². The molecule has 0 radical (unpaired) electrons. The van der Waals surface area contributed by atoms with Gasteiger partial charge in [0.2, 0.25) is 11.8 Å². The van der Waals surface area contributed by atoms with Crippen LogP contribution in [0.5, 0.6) is 0 Å². The van der Waals surface area contributed by atoms with Crippen molar-refractivity contribution in [3.05, 3.63) is 33.8 Å². The molecular formula is C19H27Cl2N3O2. The van der Waals surface area contributed by atoms with Gasteiger partial charge >= 0.3 is 0 Å². The second kappa shape index (κ2) is 10.1. The minimum atomic E-state index is 0.0644. The summed E-state index contributed by atoms with van der Waals surface area (Å²) in [5, 5.41) is 1.00. The number of rotatable bonds is 9. The second-order valence-electron chi connectivity index (χ2n) is 6.95. The molecule has 1 aliphatic rings. The van der Waals surface area contributed by atoms with E-state index in [1.807, 2.05) is 25.1 Å². The Labute approximate surface area is 165 Å². The first-order chi connectivity index (χ1) is 12.4. The number of benzene rings is 1. The van der Waals surface area contributed by atoms with Crippen LogP contribution in [0.1, 0.15) is 31.2 Å². The van der Waals surface area contributed by atoms with Crippen molar-refractivity contribution in [3.8, 4) is 0 Å². The standard InChI is InChI=1S/C19H27Cl2N3O2/c1-22(2)9-4-11-24(14-15-6-7-16(20)17(21)13-15)19(26)8-12-23-10-3-5-18(23)25/h6-7,13H,3-5,8-12,14H2,1-2H3. The predicted molar refractivity (Wildman–Crippen MR) is 105 cm³/mol. The molecule has 1 aromatic carbocycles. The SMILES string of the molecule is CN(C)CCCN(Cc1ccc(Cl)c(Cl)c1)C(=O)CCN1CCCC1=O. The molecule has 1 fully saturated rings. The first-order valence-electron chi connectivity index (χ1n) is 9.01. The highest BCUT2D eigenvalue weighted by Gasteiger charge is 2.22. The van der Waals surface area contributed by atoms with Crippen LogP contribution in [0.2, 0.25) is 10.0 Å². The van der Waals surface area contributed by atoms with Crippen molar-refractivity contribution in [2.24, 2.45) is 0 Å². The summed E-state index contributed by atoms with van der Waals surface area (Å²) in [6, 6.07) is 5.45. The number of amides is 2. The number of carbonyl (C=O) groups excluding carboxylic acids is 2. The minimum Gasteiger partial charge on any atom is -0.342 e. The molecule has 0 spiro atoms. The molecule has 0 unspecified atom stereocenters. The Morgan fingerprint density at radius 2 is 1.96 bits per heavy atom. The lowest BCUT2D eigenvalue weighted by molar-refractivity contribution is -0.133. The van der Waals surface area contributed by atoms with Crippen molar-refractivity contribution in [1.29, 1.82) is 0 Å². The Morgan fingerprint density at radius 3 is 2.58 bits per heavy atom. The molecule has 1 aromatic rings. The van der Waals surface area contributed by atoms with E-state index in [-0.39, 0.29) is 11.8 Å². The van der Waals surface area contributed by atoms with Crippen molar-refractivity contribution < 1.29 is 9.59 Å². The largest absolute Gasteiger partial charge is 0.342 e. The Kier molecular flexibility index (Phi) is 8.19. The normalized spacial score (nSPS) is 14.3. The van der Waals surface area contributed by atoms with Gasteiger partial charge in [0.1, 0.15) is 0 Å². The van der Waals surface area contributed by atoms with E-state index in [0.29, 0.717) is 42.5 Å². The summed E-state index contributed by atoms with van der Waals surface area (Å²) in [5.74, 6) is 0.218. The van der Waals surface area contributed by atoms with Gasteiger partial charge < -0.3 is 14.7 Å². The Balaban J connectivity index is 1.97. The van der Waals surface area contributed by atoms with Gasteiger partial charge in [-0.2, -0.15) is 0 Å². The van der Waals surface area contributed by atoms with Gasteiger partial charge in [0.25, 0.3) is 0 Å². The number of hydrogen-bond donors (Lipinski definition) is 0. The first kappa shape index (κ1) is 21.0. The zero-order valence-electron chi connectivity index (χ0n) is 15.5. The summed E-state index contributed by atoms with van der Waals surface area (Å²) in [7, 11) is 4.04. The van der Waals surface area contributed by atoms with E-state index >= 15 is 0 Å². The molecule has 144 valence electrons. The summed E-state index contributed by atoms with van der Waals surface area (Å²) >= 11 is 12.1. The molecule has 1 saturated heterocycles. The number of hydrogen-bond acceptors (Lipinski definition) is 3. The van der Waals surface area contributed by atoms with Crippen LogP contribution in [-0.4, -0.2) is 66.8 Å². The maximum atomic E-state index is 12.8. The average molecular weight is 400 g/mol. The maximum Gasteiger partial charge on any atom is 0.224 e. The number of halogens is 2. The summed E-state index contributed by atoms with van der Waals surface area (Å²) in [6.07, 6.45) is 2.74. The lowest BCUT2D eigenvalue weighted by atomic mass is 10.2. The monoisotopic (exact) mass is 399 g/mol. The smallest absolute Gasteiger partial charge is 0.224 e. The Bertz CT molecular complexity index is 637. The van der Waals surface area contributed by atoms with Crippen molar-refractivity contribution in [2.75, 3.05) is 40.3 Å². The number of likely N-dealkylation sites (tertiary alicyclic amines) is 1. The molecule has 7 heteroatoms. The minimum absolute atomic E-state index is 0.0644. The molecule has 0 saturated carbocycles. The van der Waals surface area contributed by atoms with Crippen LogP contribution in [0.15, 0.2) is 18.2 Å². The number of carbonyl (C=O) groups is 2. The molecule has 0 aromatic heterocycles. The molecule has 1 heterocycles. The van der Waals surface area contributed by atoms with E-state index in [2.05, 4.69) is 4.90 Å². The molecule has 2 rings (SSSR count). The molecule has 1 aliphatic heterocycles. The van der Waals surface area contributed by atoms with E-state index in [1.165, 1.54) is 0 Å². The van der Waals surface area contributed by atoms with Crippen LogP contribution in [0.25, 0.3) is 0 Å². The molecule has 26 heavy (non-hydrogen) atoms. The fourth-order valence-corrected chi connectivity index (χ4v) is 3.38. The topological polar surface area (TPSA) is 43.9 Å². The number of nitrogens with zero attached hydrogens (tertiary/aromatic N) is 3. The van der Waals surface area contributed by atoms with Gasteiger partial charge in [-0.15, -0.1) is 0 Å². The highest BCUT2D eigenvalue weighted by atomic mass is 35.5. The third-order valence-electron chi connectivity index (χ3n) is 4.51. The summed E-state index contributed by atoms with van der Waals surface area (Å²) < 4.78 is 0. The third-order valence-corrected chi connectivity index (χ3v) is 5.25. The van der Waals surface area contributed by atoms with Crippen LogP contribution >= 0.6 is 23.2 Å². The Morgan fingerprint density at radius 1 is 1.19 bits per heavy atom. The van der Waals surface area contributed by atoms with E-state index in [1.54, 1.807) is 17.0 Å². The molecular weight excluding hydrogens is 373 g/mol. The first-order valence-corrected chi connectivity index (χ1v) is 9.76. The van der Waals surface area contributed by atoms with Crippen LogP contribution in [0.4, 0.5) is 0 Å². The fourth-order valence-electron chi connectivity index (χ4n) is 3.06. The molecule has 0 atom stereocenters. The molecule has 0 aliphatic carbocycles. The van der Waals surface area contributed by atoms with E-state index in [4.69, 9.17) is 23.2 Å². The summed E-state index contributed by atoms with van der Waals surface area (Å²) in [4.78, 5) is 30.2. The van der Waals surface area contributed by atoms with Gasteiger partial charge in [-0.1, -0.05) is 29.3 Å². The van der Waals surface area contributed by atoms with E-state index in [0.717, 1.165) is 31.5 Å². The van der Waals surface area contributed by atoms with Gasteiger partial charge in [0.15, 0.2) is 0 Å². The van der Waals surface area contributed by atoms with Gasteiger partial charge in [-0.3, -0.25) is 9.59 Å². The van der Waals surface area contributed by atoms with E-state index in [9.17, 15) is 9.59 Å². The molecule has 5 nitrogen and oxygen atoms in total. The van der Waals surface area contributed by atoms with Crippen LogP contribution in [-0.2, 0) is 16.1 Å².